The molecule has 0 fully saturated rings. The van der Waals surface area contributed by atoms with Gasteiger partial charge in [0.1, 0.15) is 17.5 Å². The summed E-state index contributed by atoms with van der Waals surface area (Å²) in [5, 5.41) is 9.19. The number of nitrogens with two attached hydrogens (primary N) is 1. The van der Waals surface area contributed by atoms with Crippen LogP contribution in [0.15, 0.2) is 24.3 Å². The van der Waals surface area contributed by atoms with Crippen LogP contribution in [0.2, 0.25) is 0 Å². The van der Waals surface area contributed by atoms with E-state index in [-0.39, 0.29) is 12.8 Å². The Morgan fingerprint density at radius 1 is 1.12 bits per heavy atom. The predicted molar refractivity (Wildman–Crippen MR) is 80.9 cm³/mol. The Balaban J connectivity index is 2.79. The third kappa shape index (κ3) is 6.95. The quantitative estimate of drug-likeness (QED) is 0.500. The Bertz CT molecular complexity index is 685. The number of ketones is 1. The number of carboxylic acid groups (broad SMARTS) is 1. The van der Waals surface area contributed by atoms with E-state index in [0.717, 1.165) is 12.1 Å². The lowest BCUT2D eigenvalue weighted by atomic mass is 9.87. The maximum absolute atomic E-state index is 12.5. The van der Waals surface area contributed by atoms with Crippen molar-refractivity contribution in [3.63, 3.8) is 0 Å². The van der Waals surface area contributed by atoms with Crippen LogP contribution in [0.4, 0.5) is 13.2 Å². The molecule has 1 rings (SSSR count). The number of aliphatic carboxylic acids is 1. The zero-order valence-electron chi connectivity index (χ0n) is 12.9. The van der Waals surface area contributed by atoms with Crippen molar-refractivity contribution in [2.45, 2.75) is 31.0 Å². The summed E-state index contributed by atoms with van der Waals surface area (Å²) in [6.45, 7) is 0. The zero-order chi connectivity index (χ0) is 19.5. The van der Waals surface area contributed by atoms with Gasteiger partial charge in [-0.1, -0.05) is 12.1 Å². The van der Waals surface area contributed by atoms with Crippen molar-refractivity contribution in [3.8, 4) is 0 Å². The number of halogens is 3. The summed E-state index contributed by atoms with van der Waals surface area (Å²) in [6, 6.07) is 4.02. The number of aryl methyl sites for hydroxylation is 1. The largest absolute Gasteiger partial charge is 0.480 e. The molecule has 0 radical (unpaired) electrons. The minimum atomic E-state index is -4.64. The van der Waals surface area contributed by atoms with Crippen molar-refractivity contribution in [1.29, 1.82) is 0 Å². The van der Waals surface area contributed by atoms with Gasteiger partial charge < -0.3 is 20.6 Å². The lowest BCUT2D eigenvalue weighted by molar-refractivity contribution is -0.145. The van der Waals surface area contributed by atoms with E-state index < -0.39 is 49.2 Å². The van der Waals surface area contributed by atoms with Gasteiger partial charge in [-0.2, -0.15) is 13.2 Å². The van der Waals surface area contributed by atoms with E-state index in [2.05, 4.69) is 0 Å². The highest BCUT2D eigenvalue weighted by Gasteiger charge is 2.37. The lowest BCUT2D eigenvalue weighted by Crippen LogP contribution is -2.50. The first-order valence-electron chi connectivity index (χ1n) is 6.98. The van der Waals surface area contributed by atoms with E-state index in [0.29, 0.717) is 5.56 Å². The first-order valence-corrected chi connectivity index (χ1v) is 8.77. The van der Waals surface area contributed by atoms with Gasteiger partial charge in [-0.3, -0.25) is 14.2 Å². The van der Waals surface area contributed by atoms with E-state index >= 15 is 0 Å². The fraction of sp³-hybridized carbons (Fsp3) is 0.429. The molecule has 0 saturated heterocycles. The van der Waals surface area contributed by atoms with Crippen molar-refractivity contribution < 1.29 is 42.2 Å². The summed E-state index contributed by atoms with van der Waals surface area (Å²) in [5.74, 6) is -2.55. The highest BCUT2D eigenvalue weighted by molar-refractivity contribution is 7.52. The highest BCUT2D eigenvalue weighted by atomic mass is 31.2. The monoisotopic (exact) mass is 383 g/mol. The van der Waals surface area contributed by atoms with Crippen molar-refractivity contribution in [2.24, 2.45) is 5.73 Å². The summed E-state index contributed by atoms with van der Waals surface area (Å²) in [6.07, 6.45) is -6.73. The van der Waals surface area contributed by atoms with Crippen LogP contribution in [-0.2, 0) is 26.8 Å². The number of carboxylic acids is 1. The molecule has 25 heavy (non-hydrogen) atoms. The first kappa shape index (κ1) is 21.3. The number of hydrogen-bond donors (Lipinski definition) is 4. The molecule has 0 aliphatic carbocycles. The number of alkyl halides is 3. The molecular weight excluding hydrogens is 366 g/mol. The van der Waals surface area contributed by atoms with Gasteiger partial charge in [0.2, 0.25) is 0 Å². The average Bonchev–Trinajstić information content (AvgIpc) is 2.42. The molecule has 0 heterocycles. The summed E-state index contributed by atoms with van der Waals surface area (Å²) >= 11 is 0. The Morgan fingerprint density at radius 2 is 1.64 bits per heavy atom. The third-order valence-corrected chi connectivity index (χ3v) is 4.23. The Morgan fingerprint density at radius 3 is 2.04 bits per heavy atom. The second kappa shape index (κ2) is 7.65. The summed E-state index contributed by atoms with van der Waals surface area (Å²) < 4.78 is 48.2. The van der Waals surface area contributed by atoms with Crippen LogP contribution in [-0.4, -0.2) is 38.3 Å². The SMILES string of the molecule is N[C@@](CCc1ccc(C(F)(F)F)cc1)(CC(=O)CP(=O)(O)O)C(=O)O. The van der Waals surface area contributed by atoms with Crippen LogP contribution < -0.4 is 5.73 Å². The molecule has 1 aromatic carbocycles. The number of carbonyl (C=O) groups is 2. The smallest absolute Gasteiger partial charge is 0.416 e. The summed E-state index contributed by atoms with van der Waals surface area (Å²) in [4.78, 5) is 40.4. The van der Waals surface area contributed by atoms with Gasteiger partial charge in [0.25, 0.3) is 0 Å². The van der Waals surface area contributed by atoms with Crippen LogP contribution in [0.3, 0.4) is 0 Å². The van der Waals surface area contributed by atoms with Crippen molar-refractivity contribution in [2.75, 3.05) is 6.16 Å². The van der Waals surface area contributed by atoms with E-state index in [1.807, 2.05) is 0 Å². The van der Waals surface area contributed by atoms with Gasteiger partial charge in [-0.25, -0.2) is 0 Å². The Labute approximate surface area is 140 Å². The van der Waals surface area contributed by atoms with Crippen LogP contribution in [0.25, 0.3) is 0 Å². The number of Topliss-reactive ketones (excluding diaryl/α,β-unsaturated/α-hetero) is 1. The second-order valence-corrected chi connectivity index (χ2v) is 7.34. The molecular formula is C14H17F3NO6P. The number of benzene rings is 1. The lowest BCUT2D eigenvalue weighted by Gasteiger charge is -2.24. The van der Waals surface area contributed by atoms with Gasteiger partial charge in [0, 0.05) is 6.42 Å². The fourth-order valence-corrected chi connectivity index (χ4v) is 2.71. The molecule has 1 atom stereocenters. The molecule has 11 heteroatoms. The minimum absolute atomic E-state index is 0.0237. The maximum atomic E-state index is 12.5. The molecule has 0 unspecified atom stereocenters. The maximum Gasteiger partial charge on any atom is 0.416 e. The zero-order valence-corrected chi connectivity index (χ0v) is 13.8. The molecule has 0 saturated carbocycles. The van der Waals surface area contributed by atoms with Crippen LogP contribution in [0, 0.1) is 0 Å². The number of hydrogen-bond acceptors (Lipinski definition) is 4. The highest BCUT2D eigenvalue weighted by Crippen LogP contribution is 2.35. The van der Waals surface area contributed by atoms with Crippen molar-refractivity contribution >= 4 is 19.3 Å². The van der Waals surface area contributed by atoms with Gasteiger partial charge in [-0.05, 0) is 30.5 Å². The topological polar surface area (TPSA) is 138 Å². The first-order chi connectivity index (χ1) is 11.2. The standard InChI is InChI=1S/C14H17F3NO6P/c15-14(16,17)10-3-1-9(2-4-10)5-6-13(18,12(20)21)7-11(19)8-25(22,23)24/h1-4H,5-8,18H2,(H,20,21)(H2,22,23,24)/t13-/m0/s1. The van der Waals surface area contributed by atoms with E-state index in [4.69, 9.17) is 15.5 Å². The average molecular weight is 383 g/mol. The second-order valence-electron chi connectivity index (χ2n) is 5.69. The fourth-order valence-electron chi connectivity index (χ4n) is 2.14. The molecule has 0 amide bonds. The molecule has 7 nitrogen and oxygen atoms in total. The third-order valence-electron chi connectivity index (χ3n) is 3.46. The normalized spacial score (nSPS) is 14.8. The Kier molecular flexibility index (Phi) is 6.52. The molecule has 0 spiro atoms. The predicted octanol–water partition coefficient (Wildman–Crippen LogP) is 1.56. The van der Waals surface area contributed by atoms with Gasteiger partial charge in [-0.15, -0.1) is 0 Å². The molecule has 5 N–H and O–H groups in total. The minimum Gasteiger partial charge on any atom is -0.480 e. The van der Waals surface area contributed by atoms with E-state index in [1.54, 1.807) is 0 Å². The van der Waals surface area contributed by atoms with Gasteiger partial charge in [0.15, 0.2) is 0 Å². The molecule has 140 valence electrons. The molecule has 0 bridgehead atoms. The number of carbonyl (C=O) groups excluding carboxylic acids is 1. The molecule has 0 aliphatic rings. The number of rotatable bonds is 8. The van der Waals surface area contributed by atoms with Gasteiger partial charge >= 0.3 is 19.7 Å². The van der Waals surface area contributed by atoms with Crippen LogP contribution >= 0.6 is 7.60 Å². The Hall–Kier alpha value is -1.74. The van der Waals surface area contributed by atoms with Crippen molar-refractivity contribution in [1.82, 2.24) is 0 Å². The van der Waals surface area contributed by atoms with Crippen LogP contribution in [0.5, 0.6) is 0 Å². The van der Waals surface area contributed by atoms with E-state index in [9.17, 15) is 32.4 Å². The summed E-state index contributed by atoms with van der Waals surface area (Å²) in [5.41, 5.74) is 3.10. The van der Waals surface area contributed by atoms with Gasteiger partial charge in [0.05, 0.1) is 5.56 Å². The molecule has 0 aromatic heterocycles. The van der Waals surface area contributed by atoms with E-state index in [1.165, 1.54) is 12.1 Å². The summed E-state index contributed by atoms with van der Waals surface area (Å²) in [7, 11) is -4.64. The molecule has 0 aliphatic heterocycles. The van der Waals surface area contributed by atoms with Crippen molar-refractivity contribution in [3.05, 3.63) is 35.4 Å². The van der Waals surface area contributed by atoms with Crippen LogP contribution in [0.1, 0.15) is 24.0 Å². The molecule has 1 aromatic rings.